The van der Waals surface area contributed by atoms with Crippen molar-refractivity contribution in [1.82, 2.24) is 15.5 Å². The van der Waals surface area contributed by atoms with E-state index in [2.05, 4.69) is 10.6 Å². The summed E-state index contributed by atoms with van der Waals surface area (Å²) < 4.78 is 5.86. The number of hydrogen-bond acceptors (Lipinski definition) is 5. The number of carbonyl (C=O) groups is 3. The molecule has 2 aliphatic rings. The Balaban J connectivity index is 1.39. The molecular formula is C22H24ClN3O4S. The van der Waals surface area contributed by atoms with Gasteiger partial charge in [-0.15, -0.1) is 11.3 Å². The van der Waals surface area contributed by atoms with Crippen LogP contribution in [0, 0.1) is 5.92 Å². The maximum absolute atomic E-state index is 12.7. The third kappa shape index (κ3) is 5.77. The molecule has 1 aromatic carbocycles. The minimum absolute atomic E-state index is 0.104. The Hall–Kier alpha value is -2.58. The summed E-state index contributed by atoms with van der Waals surface area (Å²) in [7, 11) is 0. The molecule has 7 nitrogen and oxygen atoms in total. The van der Waals surface area contributed by atoms with Crippen molar-refractivity contribution in [3.8, 4) is 0 Å². The maximum Gasteiger partial charge on any atom is 0.407 e. The SMILES string of the molecule is O=C(NC1CCN(C(=O)C2CC2)CC1NC(=O)c1ccc(Cl)s1)OCc1ccccc1. The number of halogens is 1. The number of nitrogens with zero attached hydrogens (tertiary/aromatic N) is 1. The van der Waals surface area contributed by atoms with Crippen molar-refractivity contribution in [2.75, 3.05) is 13.1 Å². The van der Waals surface area contributed by atoms with Crippen LogP contribution in [0.5, 0.6) is 0 Å². The molecule has 0 radical (unpaired) electrons. The van der Waals surface area contributed by atoms with Crippen LogP contribution in [0.1, 0.15) is 34.5 Å². The summed E-state index contributed by atoms with van der Waals surface area (Å²) in [5, 5.41) is 5.84. The summed E-state index contributed by atoms with van der Waals surface area (Å²) in [4.78, 5) is 39.9. The number of rotatable bonds is 6. The fourth-order valence-corrected chi connectivity index (χ4v) is 4.60. The number of likely N-dealkylation sites (tertiary alicyclic amines) is 1. The van der Waals surface area contributed by atoms with Crippen LogP contribution in [0.3, 0.4) is 0 Å². The minimum Gasteiger partial charge on any atom is -0.445 e. The van der Waals surface area contributed by atoms with E-state index in [-0.39, 0.29) is 30.4 Å². The Morgan fingerprint density at radius 1 is 1.03 bits per heavy atom. The lowest BCUT2D eigenvalue weighted by atomic mass is 9.98. The Morgan fingerprint density at radius 3 is 2.48 bits per heavy atom. The largest absolute Gasteiger partial charge is 0.445 e. The van der Waals surface area contributed by atoms with Gasteiger partial charge in [0.15, 0.2) is 0 Å². The van der Waals surface area contributed by atoms with Crippen LogP contribution in [-0.4, -0.2) is 48.0 Å². The van der Waals surface area contributed by atoms with Crippen LogP contribution in [-0.2, 0) is 16.1 Å². The Kier molecular flexibility index (Phi) is 6.77. The van der Waals surface area contributed by atoms with E-state index in [1.807, 2.05) is 30.3 Å². The predicted molar refractivity (Wildman–Crippen MR) is 118 cm³/mol. The summed E-state index contributed by atoms with van der Waals surface area (Å²) in [5.41, 5.74) is 0.891. The lowest BCUT2D eigenvalue weighted by Crippen LogP contribution is -2.61. The molecule has 1 saturated carbocycles. The summed E-state index contributed by atoms with van der Waals surface area (Å²) in [6, 6.07) is 12.0. The van der Waals surface area contributed by atoms with Gasteiger partial charge in [-0.2, -0.15) is 0 Å². The molecule has 1 saturated heterocycles. The van der Waals surface area contributed by atoms with Crippen molar-refractivity contribution >= 4 is 40.8 Å². The molecule has 31 heavy (non-hydrogen) atoms. The van der Waals surface area contributed by atoms with Gasteiger partial charge in [-0.25, -0.2) is 4.79 Å². The quantitative estimate of drug-likeness (QED) is 0.689. The second kappa shape index (κ2) is 9.70. The van der Waals surface area contributed by atoms with Crippen LogP contribution in [0.25, 0.3) is 0 Å². The van der Waals surface area contributed by atoms with Gasteiger partial charge < -0.3 is 20.3 Å². The van der Waals surface area contributed by atoms with Crippen LogP contribution in [0.15, 0.2) is 42.5 Å². The average molecular weight is 462 g/mol. The third-order valence-corrected chi connectivity index (χ3v) is 6.71. The highest BCUT2D eigenvalue weighted by molar-refractivity contribution is 7.18. The normalized spacial score (nSPS) is 20.7. The summed E-state index contributed by atoms with van der Waals surface area (Å²) >= 11 is 7.14. The van der Waals surface area contributed by atoms with Crippen molar-refractivity contribution in [3.63, 3.8) is 0 Å². The molecule has 0 spiro atoms. The molecule has 4 rings (SSSR count). The zero-order valence-electron chi connectivity index (χ0n) is 16.9. The number of amides is 3. The van der Waals surface area contributed by atoms with Crippen LogP contribution in [0.2, 0.25) is 4.34 Å². The highest BCUT2D eigenvalue weighted by Crippen LogP contribution is 2.32. The van der Waals surface area contributed by atoms with Crippen molar-refractivity contribution in [1.29, 1.82) is 0 Å². The maximum atomic E-state index is 12.7. The topological polar surface area (TPSA) is 87.7 Å². The van der Waals surface area contributed by atoms with E-state index in [0.29, 0.717) is 28.7 Å². The molecule has 2 aromatic rings. The van der Waals surface area contributed by atoms with Crippen molar-refractivity contribution in [2.24, 2.45) is 5.92 Å². The van der Waals surface area contributed by atoms with E-state index < -0.39 is 12.1 Å². The van der Waals surface area contributed by atoms with E-state index in [1.165, 1.54) is 11.3 Å². The van der Waals surface area contributed by atoms with Gasteiger partial charge in [0.25, 0.3) is 5.91 Å². The van der Waals surface area contributed by atoms with Crippen LogP contribution < -0.4 is 10.6 Å². The molecule has 2 heterocycles. The fourth-order valence-electron chi connectivity index (χ4n) is 3.65. The van der Waals surface area contributed by atoms with Gasteiger partial charge in [0.1, 0.15) is 6.61 Å². The Bertz CT molecular complexity index is 947. The first-order valence-corrected chi connectivity index (χ1v) is 11.5. The standard InChI is InChI=1S/C22H24ClN3O4S/c23-19-9-8-18(31-19)20(27)24-17-12-26(21(28)15-6-7-15)11-10-16(17)25-22(29)30-13-14-4-2-1-3-5-14/h1-5,8-9,15-17H,6-7,10-13H2,(H,24,27)(H,25,29). The average Bonchev–Trinajstić information content (AvgIpc) is 3.54. The van der Waals surface area contributed by atoms with Crippen molar-refractivity contribution in [3.05, 3.63) is 57.2 Å². The highest BCUT2D eigenvalue weighted by Gasteiger charge is 2.39. The van der Waals surface area contributed by atoms with E-state index in [0.717, 1.165) is 18.4 Å². The highest BCUT2D eigenvalue weighted by atomic mass is 35.5. The third-order valence-electron chi connectivity index (χ3n) is 5.48. The molecule has 164 valence electrons. The number of thiophene rings is 1. The van der Waals surface area contributed by atoms with Gasteiger partial charge in [-0.1, -0.05) is 41.9 Å². The number of alkyl carbamates (subject to hydrolysis) is 1. The van der Waals surface area contributed by atoms with Crippen molar-refractivity contribution in [2.45, 2.75) is 38.0 Å². The number of carbonyl (C=O) groups excluding carboxylic acids is 3. The molecule has 1 aromatic heterocycles. The Labute approximate surface area is 189 Å². The number of nitrogens with one attached hydrogen (secondary N) is 2. The first kappa shape index (κ1) is 21.6. The van der Waals surface area contributed by atoms with Gasteiger partial charge >= 0.3 is 6.09 Å². The number of piperidine rings is 1. The fraction of sp³-hybridized carbons (Fsp3) is 0.409. The molecule has 2 fully saturated rings. The first-order chi connectivity index (χ1) is 15.0. The molecule has 0 bridgehead atoms. The molecule has 1 aliphatic heterocycles. The van der Waals surface area contributed by atoms with Gasteiger partial charge in [-0.3, -0.25) is 9.59 Å². The lowest BCUT2D eigenvalue weighted by Gasteiger charge is -2.39. The summed E-state index contributed by atoms with van der Waals surface area (Å²) in [6.45, 7) is 1.05. The van der Waals surface area contributed by atoms with Gasteiger partial charge in [0, 0.05) is 19.0 Å². The second-order valence-electron chi connectivity index (χ2n) is 7.84. The summed E-state index contributed by atoms with van der Waals surface area (Å²) in [5.74, 6) is -0.0385. The number of hydrogen-bond donors (Lipinski definition) is 2. The van der Waals surface area contributed by atoms with Gasteiger partial charge in [0.05, 0.1) is 21.3 Å². The zero-order valence-corrected chi connectivity index (χ0v) is 18.5. The minimum atomic E-state index is -0.547. The number of benzene rings is 1. The van der Waals surface area contributed by atoms with Gasteiger partial charge in [-0.05, 0) is 37.0 Å². The van der Waals surface area contributed by atoms with Crippen molar-refractivity contribution < 1.29 is 19.1 Å². The lowest BCUT2D eigenvalue weighted by molar-refractivity contribution is -0.134. The summed E-state index contributed by atoms with van der Waals surface area (Å²) in [6.07, 6.45) is 1.84. The van der Waals surface area contributed by atoms with Crippen LogP contribution >= 0.6 is 22.9 Å². The molecule has 2 N–H and O–H groups in total. The molecular weight excluding hydrogens is 438 g/mol. The van der Waals surface area contributed by atoms with Crippen LogP contribution in [0.4, 0.5) is 4.79 Å². The van der Waals surface area contributed by atoms with E-state index in [4.69, 9.17) is 16.3 Å². The van der Waals surface area contributed by atoms with E-state index in [9.17, 15) is 14.4 Å². The molecule has 3 amide bonds. The molecule has 2 unspecified atom stereocenters. The predicted octanol–water partition coefficient (Wildman–Crippen LogP) is 3.44. The number of ether oxygens (including phenoxy) is 1. The molecule has 2 atom stereocenters. The first-order valence-electron chi connectivity index (χ1n) is 10.3. The van der Waals surface area contributed by atoms with E-state index in [1.54, 1.807) is 17.0 Å². The second-order valence-corrected chi connectivity index (χ2v) is 9.56. The molecule has 9 heteroatoms. The van der Waals surface area contributed by atoms with E-state index >= 15 is 0 Å². The van der Waals surface area contributed by atoms with Gasteiger partial charge in [0.2, 0.25) is 5.91 Å². The smallest absolute Gasteiger partial charge is 0.407 e. The Morgan fingerprint density at radius 2 is 1.81 bits per heavy atom. The monoisotopic (exact) mass is 461 g/mol. The zero-order chi connectivity index (χ0) is 21.8. The molecule has 1 aliphatic carbocycles.